The molecule has 0 saturated heterocycles. The van der Waals surface area contributed by atoms with Crippen LogP contribution in [0.3, 0.4) is 0 Å². The van der Waals surface area contributed by atoms with Crippen molar-refractivity contribution in [2.45, 2.75) is 32.3 Å². The number of para-hydroxylation sites is 1. The molecule has 0 saturated carbocycles. The largest absolute Gasteiger partial charge is 0.496 e. The maximum absolute atomic E-state index is 5.34. The van der Waals surface area contributed by atoms with E-state index in [9.17, 15) is 0 Å². The summed E-state index contributed by atoms with van der Waals surface area (Å²) in [7, 11) is 2.55. The second-order valence-electron chi connectivity index (χ2n) is 4.06. The summed E-state index contributed by atoms with van der Waals surface area (Å²) in [5.41, 5.74) is 0. The topological polar surface area (TPSA) is 9.23 Å². The normalized spacial score (nSPS) is 12.3. The van der Waals surface area contributed by atoms with Crippen molar-refractivity contribution in [2.24, 2.45) is 0 Å². The SMILES string of the molecule is CCC(C)(C)Pc1ccccc1OC. The van der Waals surface area contributed by atoms with Crippen molar-refractivity contribution in [3.8, 4) is 5.75 Å². The minimum Gasteiger partial charge on any atom is -0.496 e. The molecule has 0 heterocycles. The van der Waals surface area contributed by atoms with Crippen molar-refractivity contribution in [3.63, 3.8) is 0 Å². The molecule has 78 valence electrons. The molecule has 1 unspecified atom stereocenters. The smallest absolute Gasteiger partial charge is 0.126 e. The van der Waals surface area contributed by atoms with Crippen LogP contribution in [-0.2, 0) is 0 Å². The fraction of sp³-hybridized carbons (Fsp3) is 0.500. The van der Waals surface area contributed by atoms with Crippen LogP contribution in [0.25, 0.3) is 0 Å². The van der Waals surface area contributed by atoms with Gasteiger partial charge in [0.15, 0.2) is 0 Å². The zero-order valence-corrected chi connectivity index (χ0v) is 10.4. The average molecular weight is 210 g/mol. The van der Waals surface area contributed by atoms with E-state index in [0.29, 0.717) is 5.16 Å². The zero-order chi connectivity index (χ0) is 10.6. The van der Waals surface area contributed by atoms with Crippen molar-refractivity contribution in [2.75, 3.05) is 7.11 Å². The number of hydrogen-bond acceptors (Lipinski definition) is 1. The second kappa shape index (κ2) is 4.79. The summed E-state index contributed by atoms with van der Waals surface area (Å²) in [5.74, 6) is 1.02. The molecule has 2 heteroatoms. The van der Waals surface area contributed by atoms with Crippen LogP contribution in [0.1, 0.15) is 27.2 Å². The Bertz CT molecular complexity index is 294. The third-order valence-electron chi connectivity index (χ3n) is 2.46. The molecule has 1 rings (SSSR count). The van der Waals surface area contributed by atoms with Gasteiger partial charge >= 0.3 is 0 Å². The summed E-state index contributed by atoms with van der Waals surface area (Å²) in [4.78, 5) is 0. The maximum atomic E-state index is 5.34. The first-order valence-electron chi connectivity index (χ1n) is 5.00. The molecule has 0 spiro atoms. The predicted octanol–water partition coefficient (Wildman–Crippen LogP) is 3.19. The van der Waals surface area contributed by atoms with E-state index in [1.54, 1.807) is 7.11 Å². The minimum absolute atomic E-state index is 0.384. The van der Waals surface area contributed by atoms with Gasteiger partial charge in [-0.05, 0) is 17.6 Å². The lowest BCUT2D eigenvalue weighted by Crippen LogP contribution is -2.16. The van der Waals surface area contributed by atoms with Crippen molar-refractivity contribution in [1.29, 1.82) is 0 Å². The molecule has 0 amide bonds. The van der Waals surface area contributed by atoms with Gasteiger partial charge in [-0.3, -0.25) is 0 Å². The Morgan fingerprint density at radius 2 is 1.93 bits per heavy atom. The van der Waals surface area contributed by atoms with E-state index < -0.39 is 0 Å². The van der Waals surface area contributed by atoms with Crippen LogP contribution in [0.2, 0.25) is 0 Å². The molecular formula is C12H19OP. The molecule has 0 radical (unpaired) electrons. The fourth-order valence-electron chi connectivity index (χ4n) is 1.20. The maximum Gasteiger partial charge on any atom is 0.126 e. The first-order chi connectivity index (χ1) is 6.59. The Labute approximate surface area is 88.6 Å². The van der Waals surface area contributed by atoms with Gasteiger partial charge in [0.2, 0.25) is 0 Å². The Kier molecular flexibility index (Phi) is 3.95. The second-order valence-corrected chi connectivity index (χ2v) is 6.20. The van der Waals surface area contributed by atoms with E-state index in [-0.39, 0.29) is 0 Å². The predicted molar refractivity (Wildman–Crippen MR) is 65.3 cm³/mol. The Hall–Kier alpha value is -0.550. The van der Waals surface area contributed by atoms with E-state index in [1.165, 1.54) is 11.7 Å². The van der Waals surface area contributed by atoms with Crippen LogP contribution in [0.5, 0.6) is 5.75 Å². The van der Waals surface area contributed by atoms with E-state index in [2.05, 4.69) is 32.9 Å². The van der Waals surface area contributed by atoms with Crippen LogP contribution in [0.4, 0.5) is 0 Å². The summed E-state index contributed by atoms with van der Waals surface area (Å²) in [6.45, 7) is 6.85. The Morgan fingerprint density at radius 1 is 1.29 bits per heavy atom. The number of rotatable bonds is 4. The lowest BCUT2D eigenvalue weighted by molar-refractivity contribution is 0.418. The molecule has 0 aliphatic rings. The molecule has 0 aliphatic carbocycles. The molecule has 0 aromatic heterocycles. The molecule has 1 nitrogen and oxygen atoms in total. The van der Waals surface area contributed by atoms with Crippen molar-refractivity contribution < 1.29 is 4.74 Å². The molecule has 1 atom stereocenters. The van der Waals surface area contributed by atoms with Gasteiger partial charge in [-0.2, -0.15) is 0 Å². The summed E-state index contributed by atoms with van der Waals surface area (Å²) >= 11 is 0. The van der Waals surface area contributed by atoms with E-state index in [4.69, 9.17) is 4.74 Å². The lowest BCUT2D eigenvalue weighted by Gasteiger charge is -2.23. The Morgan fingerprint density at radius 3 is 2.50 bits per heavy atom. The van der Waals surface area contributed by atoms with Gasteiger partial charge in [0, 0.05) is 5.30 Å². The molecule has 0 fully saturated rings. The highest BCUT2D eigenvalue weighted by molar-refractivity contribution is 7.49. The van der Waals surface area contributed by atoms with Crippen LogP contribution in [-0.4, -0.2) is 12.3 Å². The van der Waals surface area contributed by atoms with Gasteiger partial charge in [0.1, 0.15) is 5.75 Å². The quantitative estimate of drug-likeness (QED) is 0.693. The van der Waals surface area contributed by atoms with E-state index in [0.717, 1.165) is 14.3 Å². The molecule has 0 bridgehead atoms. The first-order valence-corrected chi connectivity index (χ1v) is 6.00. The molecule has 1 aromatic carbocycles. The number of hydrogen-bond donors (Lipinski definition) is 0. The Balaban J connectivity index is 2.85. The first kappa shape index (κ1) is 11.5. The molecule has 0 aliphatic heterocycles. The third kappa shape index (κ3) is 2.99. The van der Waals surface area contributed by atoms with Crippen LogP contribution < -0.4 is 10.0 Å². The van der Waals surface area contributed by atoms with Gasteiger partial charge in [-0.15, -0.1) is 0 Å². The van der Waals surface area contributed by atoms with Crippen LogP contribution >= 0.6 is 8.58 Å². The van der Waals surface area contributed by atoms with E-state index in [1.807, 2.05) is 12.1 Å². The molecular weight excluding hydrogens is 191 g/mol. The van der Waals surface area contributed by atoms with Crippen molar-refractivity contribution in [3.05, 3.63) is 24.3 Å². The number of benzene rings is 1. The van der Waals surface area contributed by atoms with Crippen LogP contribution in [0, 0.1) is 0 Å². The highest BCUT2D eigenvalue weighted by Crippen LogP contribution is 2.35. The lowest BCUT2D eigenvalue weighted by atomic mass is 10.1. The van der Waals surface area contributed by atoms with Gasteiger partial charge < -0.3 is 4.74 Å². The van der Waals surface area contributed by atoms with Gasteiger partial charge in [0.05, 0.1) is 7.11 Å². The standard InChI is InChI=1S/C12H19OP/c1-5-12(2,3)14-11-9-7-6-8-10(11)13-4/h6-9,14H,5H2,1-4H3. The average Bonchev–Trinajstić information content (AvgIpc) is 2.18. The molecule has 1 aromatic rings. The summed E-state index contributed by atoms with van der Waals surface area (Å²) in [6.07, 6.45) is 1.20. The monoisotopic (exact) mass is 210 g/mol. The number of methoxy groups -OCH3 is 1. The van der Waals surface area contributed by atoms with E-state index >= 15 is 0 Å². The highest BCUT2D eigenvalue weighted by Gasteiger charge is 2.17. The molecule has 0 N–H and O–H groups in total. The summed E-state index contributed by atoms with van der Waals surface area (Å²) in [5, 5.41) is 1.72. The van der Waals surface area contributed by atoms with Gasteiger partial charge in [0.25, 0.3) is 0 Å². The minimum atomic E-state index is 0.384. The van der Waals surface area contributed by atoms with Crippen LogP contribution in [0.15, 0.2) is 24.3 Å². The zero-order valence-electron chi connectivity index (χ0n) is 9.42. The fourth-order valence-corrected chi connectivity index (χ4v) is 2.59. The molecule has 14 heavy (non-hydrogen) atoms. The van der Waals surface area contributed by atoms with Gasteiger partial charge in [-0.1, -0.05) is 47.6 Å². The highest BCUT2D eigenvalue weighted by atomic mass is 31.1. The third-order valence-corrected chi connectivity index (χ3v) is 4.18. The summed E-state index contributed by atoms with van der Waals surface area (Å²) in [6, 6.07) is 8.30. The summed E-state index contributed by atoms with van der Waals surface area (Å²) < 4.78 is 5.34. The van der Waals surface area contributed by atoms with Crippen molar-refractivity contribution in [1.82, 2.24) is 0 Å². The van der Waals surface area contributed by atoms with Gasteiger partial charge in [-0.25, -0.2) is 0 Å². The number of ether oxygens (including phenoxy) is 1. The van der Waals surface area contributed by atoms with Crippen molar-refractivity contribution >= 4 is 13.9 Å².